The zero-order valence-electron chi connectivity index (χ0n) is 16.3. The van der Waals surface area contributed by atoms with Gasteiger partial charge in [-0.25, -0.2) is 0 Å². The molecule has 1 N–H and O–H groups in total. The predicted octanol–water partition coefficient (Wildman–Crippen LogP) is 3.97. The Morgan fingerprint density at radius 2 is 1.65 bits per heavy atom. The van der Waals surface area contributed by atoms with Gasteiger partial charge < -0.3 is 19.5 Å². The highest BCUT2D eigenvalue weighted by atomic mass is 16.5. The number of aryl methyl sites for hydroxylation is 1. The van der Waals surface area contributed by atoms with E-state index in [1.807, 2.05) is 57.2 Å². The molecule has 5 heteroatoms. The summed E-state index contributed by atoms with van der Waals surface area (Å²) in [5.41, 5.74) is 3.10. The van der Waals surface area contributed by atoms with E-state index in [4.69, 9.17) is 14.2 Å². The molecular weight excluding hydrogens is 330 g/mol. The third-order valence-corrected chi connectivity index (χ3v) is 4.49. The van der Waals surface area contributed by atoms with Crippen molar-refractivity contribution in [3.63, 3.8) is 0 Å². The zero-order chi connectivity index (χ0) is 19.3. The van der Waals surface area contributed by atoms with Crippen molar-refractivity contribution in [2.75, 3.05) is 14.2 Å². The smallest absolute Gasteiger partial charge is 0.261 e. The van der Waals surface area contributed by atoms with Crippen molar-refractivity contribution in [1.29, 1.82) is 0 Å². The maximum Gasteiger partial charge on any atom is 0.261 e. The van der Waals surface area contributed by atoms with Crippen molar-refractivity contribution >= 4 is 5.91 Å². The molecule has 2 aromatic rings. The number of nitrogens with one attached hydrogen (secondary N) is 1. The molecule has 0 aliphatic heterocycles. The Balaban J connectivity index is 2.05. The van der Waals surface area contributed by atoms with Gasteiger partial charge in [0.25, 0.3) is 5.91 Å². The Hall–Kier alpha value is -2.69. The second-order valence-electron chi connectivity index (χ2n) is 6.30. The molecule has 0 saturated heterocycles. The summed E-state index contributed by atoms with van der Waals surface area (Å²) >= 11 is 0. The van der Waals surface area contributed by atoms with Gasteiger partial charge in [0.2, 0.25) is 0 Å². The molecule has 1 amide bonds. The van der Waals surface area contributed by atoms with Crippen LogP contribution in [0.2, 0.25) is 0 Å². The van der Waals surface area contributed by atoms with E-state index in [0.717, 1.165) is 22.4 Å². The summed E-state index contributed by atoms with van der Waals surface area (Å²) < 4.78 is 16.4. The molecule has 0 saturated carbocycles. The number of benzene rings is 2. The molecule has 0 bridgehead atoms. The van der Waals surface area contributed by atoms with Gasteiger partial charge in [-0.15, -0.1) is 0 Å². The van der Waals surface area contributed by atoms with E-state index in [9.17, 15) is 4.79 Å². The topological polar surface area (TPSA) is 56.8 Å². The molecule has 0 aromatic heterocycles. The van der Waals surface area contributed by atoms with Crippen LogP contribution in [0.5, 0.6) is 17.2 Å². The van der Waals surface area contributed by atoms with Gasteiger partial charge in [0, 0.05) is 0 Å². The van der Waals surface area contributed by atoms with Gasteiger partial charge in [-0.2, -0.15) is 0 Å². The molecule has 0 spiro atoms. The lowest BCUT2D eigenvalue weighted by Gasteiger charge is -2.21. The summed E-state index contributed by atoms with van der Waals surface area (Å²) in [4.78, 5) is 12.5. The van der Waals surface area contributed by atoms with Gasteiger partial charge >= 0.3 is 0 Å². The van der Waals surface area contributed by atoms with Crippen LogP contribution in [-0.4, -0.2) is 26.2 Å². The quantitative estimate of drug-likeness (QED) is 0.815. The Labute approximate surface area is 155 Å². The summed E-state index contributed by atoms with van der Waals surface area (Å²) in [7, 11) is 3.18. The van der Waals surface area contributed by atoms with Crippen LogP contribution in [0.15, 0.2) is 36.4 Å². The number of carbonyl (C=O) groups is 1. The lowest BCUT2D eigenvalue weighted by atomic mass is 10.1. The summed E-state index contributed by atoms with van der Waals surface area (Å²) in [6.07, 6.45) is -0.599. The van der Waals surface area contributed by atoms with Crippen LogP contribution < -0.4 is 19.5 Å². The van der Waals surface area contributed by atoms with Gasteiger partial charge in [0.15, 0.2) is 17.6 Å². The Morgan fingerprint density at radius 3 is 2.31 bits per heavy atom. The van der Waals surface area contributed by atoms with Crippen LogP contribution in [0.25, 0.3) is 0 Å². The molecule has 0 radical (unpaired) electrons. The number of carbonyl (C=O) groups excluding carboxylic acids is 1. The van der Waals surface area contributed by atoms with Crippen molar-refractivity contribution in [3.05, 3.63) is 53.1 Å². The average Bonchev–Trinajstić information content (AvgIpc) is 2.64. The van der Waals surface area contributed by atoms with Crippen LogP contribution in [0.4, 0.5) is 0 Å². The summed E-state index contributed by atoms with van der Waals surface area (Å²) in [6, 6.07) is 11.2. The van der Waals surface area contributed by atoms with Crippen LogP contribution in [0, 0.1) is 13.8 Å². The third-order valence-electron chi connectivity index (χ3n) is 4.49. The van der Waals surface area contributed by atoms with Gasteiger partial charge in [-0.05, 0) is 62.6 Å². The first-order valence-corrected chi connectivity index (χ1v) is 8.62. The zero-order valence-corrected chi connectivity index (χ0v) is 16.3. The maximum absolute atomic E-state index is 12.5. The van der Waals surface area contributed by atoms with Crippen molar-refractivity contribution in [2.45, 2.75) is 39.8 Å². The Morgan fingerprint density at radius 1 is 0.962 bits per heavy atom. The first kappa shape index (κ1) is 19.6. The van der Waals surface area contributed by atoms with E-state index in [1.165, 1.54) is 0 Å². The standard InChI is InChI=1S/C21H27NO4/c1-13-8-7-9-18(14(13)2)26-16(4)21(23)22-15(3)17-10-11-19(24-5)20(12-17)25-6/h7-12,15-16H,1-6H3,(H,22,23)/t15-,16-/m1/s1. The lowest BCUT2D eigenvalue weighted by Crippen LogP contribution is -2.37. The van der Waals surface area contributed by atoms with Crippen molar-refractivity contribution in [1.82, 2.24) is 5.32 Å². The van der Waals surface area contributed by atoms with Gasteiger partial charge in [0.05, 0.1) is 20.3 Å². The van der Waals surface area contributed by atoms with Crippen molar-refractivity contribution < 1.29 is 19.0 Å². The highest BCUT2D eigenvalue weighted by molar-refractivity contribution is 5.81. The number of hydrogen-bond acceptors (Lipinski definition) is 4. The van der Waals surface area contributed by atoms with Crippen LogP contribution in [-0.2, 0) is 4.79 Å². The molecule has 140 valence electrons. The first-order valence-electron chi connectivity index (χ1n) is 8.62. The number of amides is 1. The normalized spacial score (nSPS) is 12.8. The summed E-state index contributed by atoms with van der Waals surface area (Å²) in [5.74, 6) is 1.84. The van der Waals surface area contributed by atoms with E-state index in [1.54, 1.807) is 21.1 Å². The fraction of sp³-hybridized carbons (Fsp3) is 0.381. The second-order valence-corrected chi connectivity index (χ2v) is 6.30. The number of methoxy groups -OCH3 is 2. The highest BCUT2D eigenvalue weighted by Gasteiger charge is 2.19. The third kappa shape index (κ3) is 4.48. The van der Waals surface area contributed by atoms with Crippen molar-refractivity contribution in [3.8, 4) is 17.2 Å². The average molecular weight is 357 g/mol. The second kappa shape index (κ2) is 8.61. The number of hydrogen-bond donors (Lipinski definition) is 1. The molecule has 0 heterocycles. The minimum absolute atomic E-state index is 0.173. The van der Waals surface area contributed by atoms with Crippen LogP contribution >= 0.6 is 0 Å². The molecule has 0 aliphatic rings. The minimum Gasteiger partial charge on any atom is -0.493 e. The van der Waals surface area contributed by atoms with Gasteiger partial charge in [0.1, 0.15) is 5.75 Å². The molecule has 0 aliphatic carbocycles. The molecule has 2 aromatic carbocycles. The monoisotopic (exact) mass is 357 g/mol. The van der Waals surface area contributed by atoms with Gasteiger partial charge in [-0.3, -0.25) is 4.79 Å². The summed E-state index contributed by atoms with van der Waals surface area (Å²) in [5, 5.41) is 2.98. The van der Waals surface area contributed by atoms with E-state index in [0.29, 0.717) is 11.5 Å². The number of rotatable bonds is 7. The molecule has 5 nitrogen and oxygen atoms in total. The van der Waals surface area contributed by atoms with Crippen molar-refractivity contribution in [2.24, 2.45) is 0 Å². The molecule has 0 fully saturated rings. The van der Waals surface area contributed by atoms with Gasteiger partial charge in [-0.1, -0.05) is 18.2 Å². The maximum atomic E-state index is 12.5. The SMILES string of the molecule is COc1ccc([C@@H](C)NC(=O)[C@@H](C)Oc2cccc(C)c2C)cc1OC. The lowest BCUT2D eigenvalue weighted by molar-refractivity contribution is -0.127. The van der Waals surface area contributed by atoms with E-state index >= 15 is 0 Å². The minimum atomic E-state index is -0.599. The predicted molar refractivity (Wildman–Crippen MR) is 102 cm³/mol. The Bertz CT molecular complexity index is 773. The van der Waals surface area contributed by atoms with E-state index < -0.39 is 6.10 Å². The molecule has 2 atom stereocenters. The van der Waals surface area contributed by atoms with Crippen LogP contribution in [0.1, 0.15) is 36.6 Å². The first-order chi connectivity index (χ1) is 12.4. The summed E-state index contributed by atoms with van der Waals surface area (Å²) in [6.45, 7) is 7.68. The Kier molecular flexibility index (Phi) is 6.50. The fourth-order valence-electron chi connectivity index (χ4n) is 2.63. The largest absolute Gasteiger partial charge is 0.493 e. The molecule has 0 unspecified atom stereocenters. The van der Waals surface area contributed by atoms with E-state index in [2.05, 4.69) is 5.32 Å². The number of ether oxygens (including phenoxy) is 3. The highest BCUT2D eigenvalue weighted by Crippen LogP contribution is 2.30. The molecule has 2 rings (SSSR count). The fourth-order valence-corrected chi connectivity index (χ4v) is 2.63. The molecule has 26 heavy (non-hydrogen) atoms. The van der Waals surface area contributed by atoms with E-state index in [-0.39, 0.29) is 11.9 Å². The molecular formula is C21H27NO4. The van der Waals surface area contributed by atoms with Crippen LogP contribution in [0.3, 0.4) is 0 Å².